The number of thioether (sulfide) groups is 1. The number of ether oxygens (including phenoxy) is 1. The van der Waals surface area contributed by atoms with Gasteiger partial charge >= 0.3 is 0 Å². The zero-order valence-corrected chi connectivity index (χ0v) is 18.4. The van der Waals surface area contributed by atoms with Crippen LogP contribution in [0.15, 0.2) is 64.8 Å². The summed E-state index contributed by atoms with van der Waals surface area (Å²) in [6.07, 6.45) is 1.50. The maximum absolute atomic E-state index is 12.7. The van der Waals surface area contributed by atoms with E-state index in [1.807, 2.05) is 24.3 Å². The number of aromatic nitrogens is 2. The number of hydrogen-bond donors (Lipinski definition) is 1. The fourth-order valence-electron chi connectivity index (χ4n) is 3.20. The van der Waals surface area contributed by atoms with Crippen molar-refractivity contribution in [1.29, 1.82) is 0 Å². The van der Waals surface area contributed by atoms with Gasteiger partial charge in [-0.1, -0.05) is 42.1 Å². The lowest BCUT2D eigenvalue weighted by molar-refractivity contribution is -0.118. The van der Waals surface area contributed by atoms with Gasteiger partial charge in [-0.25, -0.2) is 18.4 Å². The molecule has 1 amide bonds. The van der Waals surface area contributed by atoms with Gasteiger partial charge in [-0.15, -0.1) is 0 Å². The number of nitrogens with one attached hydrogen (secondary N) is 1. The van der Waals surface area contributed by atoms with Crippen molar-refractivity contribution in [1.82, 2.24) is 19.6 Å². The number of amides is 1. The second-order valence-corrected chi connectivity index (χ2v) is 9.82. The Morgan fingerprint density at radius 3 is 2.58 bits per heavy atom. The summed E-state index contributed by atoms with van der Waals surface area (Å²) in [6.45, 7) is 1.86. The molecule has 31 heavy (non-hydrogen) atoms. The first-order valence-electron chi connectivity index (χ1n) is 9.80. The van der Waals surface area contributed by atoms with Gasteiger partial charge in [-0.2, -0.15) is 4.31 Å². The number of rotatable bonds is 7. The molecule has 8 nitrogen and oxygen atoms in total. The predicted molar refractivity (Wildman–Crippen MR) is 118 cm³/mol. The molecule has 0 spiro atoms. The van der Waals surface area contributed by atoms with Crippen molar-refractivity contribution in [2.75, 3.05) is 32.1 Å². The number of carbonyl (C=O) groups is 1. The van der Waals surface area contributed by atoms with Gasteiger partial charge < -0.3 is 10.1 Å². The number of benzene rings is 2. The number of sulfonamides is 1. The molecule has 0 radical (unpaired) electrons. The molecule has 1 aliphatic rings. The largest absolute Gasteiger partial charge is 0.379 e. The molecule has 1 aliphatic heterocycles. The van der Waals surface area contributed by atoms with E-state index in [4.69, 9.17) is 4.74 Å². The highest BCUT2D eigenvalue weighted by Crippen LogP contribution is 2.24. The van der Waals surface area contributed by atoms with Crippen LogP contribution in [-0.2, 0) is 26.1 Å². The average Bonchev–Trinajstić information content (AvgIpc) is 2.82. The minimum atomic E-state index is -3.52. The van der Waals surface area contributed by atoms with Crippen LogP contribution >= 0.6 is 11.8 Å². The molecule has 10 heteroatoms. The Morgan fingerprint density at radius 1 is 1.06 bits per heavy atom. The third kappa shape index (κ3) is 5.21. The van der Waals surface area contributed by atoms with Gasteiger partial charge in [-0.3, -0.25) is 4.79 Å². The first kappa shape index (κ1) is 21.7. The molecule has 1 aromatic heterocycles. The van der Waals surface area contributed by atoms with Crippen molar-refractivity contribution in [3.05, 3.63) is 60.4 Å². The Kier molecular flexibility index (Phi) is 6.81. The van der Waals surface area contributed by atoms with Crippen molar-refractivity contribution in [2.45, 2.75) is 16.5 Å². The van der Waals surface area contributed by atoms with Crippen molar-refractivity contribution in [3.63, 3.8) is 0 Å². The normalized spacial score (nSPS) is 15.1. The Morgan fingerprint density at radius 2 is 1.81 bits per heavy atom. The highest BCUT2D eigenvalue weighted by Gasteiger charge is 2.26. The van der Waals surface area contributed by atoms with Crippen LogP contribution in [0.5, 0.6) is 0 Å². The second kappa shape index (κ2) is 9.73. The Balaban J connectivity index is 1.31. The zero-order chi connectivity index (χ0) is 21.7. The maximum Gasteiger partial charge on any atom is 0.243 e. The van der Waals surface area contributed by atoms with Crippen LogP contribution in [0.3, 0.4) is 0 Å². The molecule has 2 heterocycles. The molecule has 1 N–H and O–H groups in total. The van der Waals surface area contributed by atoms with Crippen LogP contribution in [0.4, 0.5) is 0 Å². The second-order valence-electron chi connectivity index (χ2n) is 6.92. The van der Waals surface area contributed by atoms with Crippen LogP contribution < -0.4 is 5.32 Å². The number of carbonyl (C=O) groups excluding carboxylic acids is 1. The summed E-state index contributed by atoms with van der Waals surface area (Å²) in [5.41, 5.74) is 1.67. The zero-order valence-electron chi connectivity index (χ0n) is 16.7. The van der Waals surface area contributed by atoms with Gasteiger partial charge in [0.1, 0.15) is 11.4 Å². The smallest absolute Gasteiger partial charge is 0.243 e. The summed E-state index contributed by atoms with van der Waals surface area (Å²) in [6, 6.07) is 14.3. The summed E-state index contributed by atoms with van der Waals surface area (Å²) < 4.78 is 32.0. The third-order valence-corrected chi connectivity index (χ3v) is 7.79. The number of hydrogen-bond acceptors (Lipinski definition) is 7. The molecular formula is C21H22N4O4S2. The van der Waals surface area contributed by atoms with Crippen LogP contribution in [0, 0.1) is 0 Å². The number of nitrogens with zero attached hydrogens (tertiary/aromatic N) is 3. The summed E-state index contributed by atoms with van der Waals surface area (Å²) in [4.78, 5) is 21.0. The number of para-hydroxylation sites is 1. The van der Waals surface area contributed by atoms with E-state index in [0.717, 1.165) is 21.5 Å². The Labute approximate surface area is 185 Å². The minimum absolute atomic E-state index is 0.127. The highest BCUT2D eigenvalue weighted by molar-refractivity contribution is 8.00. The highest BCUT2D eigenvalue weighted by atomic mass is 32.2. The summed E-state index contributed by atoms with van der Waals surface area (Å²) in [5.74, 6) is 0.0996. The third-order valence-electron chi connectivity index (χ3n) is 4.87. The van der Waals surface area contributed by atoms with E-state index in [-0.39, 0.29) is 16.6 Å². The van der Waals surface area contributed by atoms with Gasteiger partial charge in [0.25, 0.3) is 0 Å². The van der Waals surface area contributed by atoms with Crippen molar-refractivity contribution in [3.8, 4) is 0 Å². The molecule has 0 atom stereocenters. The lowest BCUT2D eigenvalue weighted by Gasteiger charge is -2.26. The summed E-state index contributed by atoms with van der Waals surface area (Å²) in [5, 5.41) is 4.54. The van der Waals surface area contributed by atoms with Crippen LogP contribution in [0.1, 0.15) is 5.56 Å². The van der Waals surface area contributed by atoms with Gasteiger partial charge in [0.05, 0.1) is 29.4 Å². The molecule has 1 fully saturated rings. The van der Waals surface area contributed by atoms with Crippen molar-refractivity contribution in [2.24, 2.45) is 0 Å². The first-order chi connectivity index (χ1) is 15.0. The fourth-order valence-corrected chi connectivity index (χ4v) is 5.42. The number of fused-ring (bicyclic) bond motifs is 1. The standard InChI is InChI=1S/C21H22N4O4S2/c26-20(14-30-21-18-3-1-2-4-19(18)23-15-24-21)22-13-16-5-7-17(8-6-16)31(27,28)25-9-11-29-12-10-25/h1-8,15H,9-14H2,(H,22,26). The van der Waals surface area contributed by atoms with Crippen LogP contribution in [0.25, 0.3) is 10.9 Å². The van der Waals surface area contributed by atoms with E-state index < -0.39 is 10.0 Å². The van der Waals surface area contributed by atoms with E-state index in [9.17, 15) is 13.2 Å². The SMILES string of the molecule is O=C(CSc1ncnc2ccccc12)NCc1ccc(S(=O)(=O)N2CCOCC2)cc1. The average molecular weight is 459 g/mol. The van der Waals surface area contributed by atoms with E-state index >= 15 is 0 Å². The Bertz CT molecular complexity index is 1160. The van der Waals surface area contributed by atoms with Crippen molar-refractivity contribution < 1.29 is 17.9 Å². The molecule has 0 unspecified atom stereocenters. The molecule has 3 aromatic rings. The number of morpholine rings is 1. The van der Waals surface area contributed by atoms with Gasteiger partial charge in [0.2, 0.25) is 15.9 Å². The van der Waals surface area contributed by atoms with E-state index in [0.29, 0.717) is 32.8 Å². The van der Waals surface area contributed by atoms with E-state index in [1.54, 1.807) is 24.3 Å². The topological polar surface area (TPSA) is 101 Å². The summed E-state index contributed by atoms with van der Waals surface area (Å²) in [7, 11) is -3.52. The monoisotopic (exact) mass is 458 g/mol. The molecule has 0 saturated carbocycles. The van der Waals surface area contributed by atoms with E-state index in [2.05, 4.69) is 15.3 Å². The van der Waals surface area contributed by atoms with Gasteiger partial charge in [-0.05, 0) is 23.8 Å². The lowest BCUT2D eigenvalue weighted by Crippen LogP contribution is -2.40. The maximum atomic E-state index is 12.7. The Hall–Kier alpha value is -2.53. The molecular weight excluding hydrogens is 436 g/mol. The molecule has 2 aromatic carbocycles. The molecule has 4 rings (SSSR count). The molecule has 162 valence electrons. The minimum Gasteiger partial charge on any atom is -0.379 e. The fraction of sp³-hybridized carbons (Fsp3) is 0.286. The quantitative estimate of drug-likeness (QED) is 0.427. The summed E-state index contributed by atoms with van der Waals surface area (Å²) >= 11 is 1.36. The first-order valence-corrected chi connectivity index (χ1v) is 12.2. The van der Waals surface area contributed by atoms with Crippen LogP contribution in [0.2, 0.25) is 0 Å². The lowest BCUT2D eigenvalue weighted by atomic mass is 10.2. The van der Waals surface area contributed by atoms with Crippen LogP contribution in [-0.4, -0.2) is 60.7 Å². The van der Waals surface area contributed by atoms with Crippen molar-refractivity contribution >= 4 is 38.6 Å². The molecule has 0 aliphatic carbocycles. The predicted octanol–water partition coefficient (Wildman–Crippen LogP) is 2.06. The van der Waals surface area contributed by atoms with Gasteiger partial charge in [0, 0.05) is 25.0 Å². The molecule has 0 bridgehead atoms. The van der Waals surface area contributed by atoms with Gasteiger partial charge in [0.15, 0.2) is 0 Å². The molecule has 1 saturated heterocycles. The van der Waals surface area contributed by atoms with E-state index in [1.165, 1.54) is 22.4 Å².